The number of hydrogen-bond donors (Lipinski definition) is 1. The number of aliphatic hydroxyl groups excluding tert-OH is 1. The fourth-order valence-corrected chi connectivity index (χ4v) is 1.80. The van der Waals surface area contributed by atoms with Crippen molar-refractivity contribution >= 4 is 21.7 Å². The molecule has 1 heterocycles. The molecule has 3 nitrogen and oxygen atoms in total. The molecule has 2 rings (SSSR count). The number of rotatable bonds is 3. The molecule has 0 radical (unpaired) electrons. The van der Waals surface area contributed by atoms with Crippen molar-refractivity contribution in [1.29, 1.82) is 0 Å². The van der Waals surface area contributed by atoms with Crippen molar-refractivity contribution in [2.45, 2.75) is 12.8 Å². The molecule has 68 valence electrons. The summed E-state index contributed by atoms with van der Waals surface area (Å²) in [6, 6.07) is 6.14. The number of hydrogen-bond acceptors (Lipinski definition) is 4. The first-order valence-electron chi connectivity index (χ1n) is 4.22. The van der Waals surface area contributed by atoms with E-state index in [-0.39, 0.29) is 6.61 Å². The Hall–Kier alpha value is -1.00. The number of benzene rings is 1. The van der Waals surface area contributed by atoms with Crippen molar-refractivity contribution in [2.24, 2.45) is 0 Å². The molecule has 0 aliphatic heterocycles. The molecule has 0 bridgehead atoms. The van der Waals surface area contributed by atoms with Crippen LogP contribution >= 0.6 is 11.5 Å². The molecule has 0 spiro atoms. The number of nitrogens with zero attached hydrogens (tertiary/aromatic N) is 2. The standard InChI is InChI=1S/C9H10N2OS/c12-5-1-2-7-3-4-9-8(6-7)10-11-13-9/h3-4,6,12H,1-2,5H2. The zero-order valence-electron chi connectivity index (χ0n) is 7.10. The van der Waals surface area contributed by atoms with Crippen LogP contribution in [0, 0.1) is 0 Å². The van der Waals surface area contributed by atoms with Crippen LogP contribution in [0.1, 0.15) is 12.0 Å². The van der Waals surface area contributed by atoms with Crippen LogP contribution in [0.25, 0.3) is 10.2 Å². The SMILES string of the molecule is OCCCc1ccc2snnc2c1. The molecular weight excluding hydrogens is 184 g/mol. The van der Waals surface area contributed by atoms with Gasteiger partial charge in [0.05, 0.1) is 4.70 Å². The van der Waals surface area contributed by atoms with Crippen LogP contribution in [0.4, 0.5) is 0 Å². The highest BCUT2D eigenvalue weighted by atomic mass is 32.1. The Balaban J connectivity index is 2.26. The molecule has 0 amide bonds. The van der Waals surface area contributed by atoms with E-state index in [0.29, 0.717) is 0 Å². The van der Waals surface area contributed by atoms with E-state index in [1.807, 2.05) is 12.1 Å². The Kier molecular flexibility index (Phi) is 2.52. The van der Waals surface area contributed by atoms with Gasteiger partial charge >= 0.3 is 0 Å². The summed E-state index contributed by atoms with van der Waals surface area (Å²) in [4.78, 5) is 0. The van der Waals surface area contributed by atoms with Gasteiger partial charge < -0.3 is 5.11 Å². The first-order valence-corrected chi connectivity index (χ1v) is 4.99. The predicted molar refractivity (Wildman–Crippen MR) is 52.8 cm³/mol. The molecule has 0 fully saturated rings. The zero-order valence-corrected chi connectivity index (χ0v) is 7.92. The third-order valence-electron chi connectivity index (χ3n) is 1.93. The van der Waals surface area contributed by atoms with Gasteiger partial charge in [0, 0.05) is 6.61 Å². The monoisotopic (exact) mass is 194 g/mol. The minimum absolute atomic E-state index is 0.243. The average Bonchev–Trinajstić information content (AvgIpc) is 2.61. The van der Waals surface area contributed by atoms with Gasteiger partial charge in [0.2, 0.25) is 0 Å². The lowest BCUT2D eigenvalue weighted by Gasteiger charge is -1.97. The molecule has 0 aliphatic rings. The molecular formula is C9H10N2OS. The summed E-state index contributed by atoms with van der Waals surface area (Å²) in [5.41, 5.74) is 2.18. The van der Waals surface area contributed by atoms with Crippen molar-refractivity contribution in [1.82, 2.24) is 9.59 Å². The number of aromatic nitrogens is 2. The molecule has 1 aromatic heterocycles. The Morgan fingerprint density at radius 3 is 3.15 bits per heavy atom. The third kappa shape index (κ3) is 1.84. The van der Waals surface area contributed by atoms with E-state index in [0.717, 1.165) is 23.1 Å². The molecule has 0 unspecified atom stereocenters. The summed E-state index contributed by atoms with van der Waals surface area (Å²) in [6.07, 6.45) is 1.72. The summed E-state index contributed by atoms with van der Waals surface area (Å²) in [5, 5.41) is 12.7. The maximum absolute atomic E-state index is 8.67. The highest BCUT2D eigenvalue weighted by Crippen LogP contribution is 2.17. The number of aryl methyl sites for hydroxylation is 1. The maximum Gasteiger partial charge on any atom is 0.106 e. The first kappa shape index (κ1) is 8.59. The van der Waals surface area contributed by atoms with Gasteiger partial charge in [-0.1, -0.05) is 10.6 Å². The van der Waals surface area contributed by atoms with Crippen LogP contribution in [0.3, 0.4) is 0 Å². The van der Waals surface area contributed by atoms with Gasteiger partial charge in [-0.15, -0.1) is 5.10 Å². The highest BCUT2D eigenvalue weighted by molar-refractivity contribution is 7.12. The highest BCUT2D eigenvalue weighted by Gasteiger charge is 1.99. The van der Waals surface area contributed by atoms with Gasteiger partial charge in [-0.2, -0.15) is 0 Å². The quantitative estimate of drug-likeness (QED) is 0.807. The fourth-order valence-electron chi connectivity index (χ4n) is 1.27. The van der Waals surface area contributed by atoms with Crippen molar-refractivity contribution in [3.05, 3.63) is 23.8 Å². The van der Waals surface area contributed by atoms with Gasteiger partial charge in [-0.05, 0) is 42.1 Å². The Morgan fingerprint density at radius 1 is 1.38 bits per heavy atom. The van der Waals surface area contributed by atoms with Crippen molar-refractivity contribution < 1.29 is 5.11 Å². The predicted octanol–water partition coefficient (Wildman–Crippen LogP) is 1.62. The molecule has 13 heavy (non-hydrogen) atoms. The van der Waals surface area contributed by atoms with Crippen LogP contribution in [-0.4, -0.2) is 21.3 Å². The molecule has 2 aromatic rings. The Morgan fingerprint density at radius 2 is 2.31 bits per heavy atom. The molecule has 1 aromatic carbocycles. The second-order valence-corrected chi connectivity index (χ2v) is 3.69. The normalized spacial score (nSPS) is 10.8. The number of fused-ring (bicyclic) bond motifs is 1. The van der Waals surface area contributed by atoms with E-state index in [2.05, 4.69) is 15.7 Å². The lowest BCUT2D eigenvalue weighted by Crippen LogP contribution is -1.88. The summed E-state index contributed by atoms with van der Waals surface area (Å²) >= 11 is 1.41. The molecule has 0 saturated heterocycles. The van der Waals surface area contributed by atoms with Crippen LogP contribution < -0.4 is 0 Å². The van der Waals surface area contributed by atoms with Crippen LogP contribution in [0.15, 0.2) is 18.2 Å². The van der Waals surface area contributed by atoms with Gasteiger partial charge in [0.1, 0.15) is 5.52 Å². The van der Waals surface area contributed by atoms with Gasteiger partial charge in [-0.25, -0.2) is 0 Å². The van der Waals surface area contributed by atoms with Crippen molar-refractivity contribution in [3.8, 4) is 0 Å². The third-order valence-corrected chi connectivity index (χ3v) is 2.64. The van der Waals surface area contributed by atoms with Crippen LogP contribution in [-0.2, 0) is 6.42 Å². The van der Waals surface area contributed by atoms with Gasteiger partial charge in [-0.3, -0.25) is 0 Å². The Bertz CT molecular complexity index is 399. The minimum Gasteiger partial charge on any atom is -0.396 e. The summed E-state index contributed by atoms with van der Waals surface area (Å²) in [6.45, 7) is 0.243. The van der Waals surface area contributed by atoms with Crippen LogP contribution in [0.2, 0.25) is 0 Å². The second kappa shape index (κ2) is 3.81. The number of aliphatic hydroxyl groups is 1. The van der Waals surface area contributed by atoms with Crippen LogP contribution in [0.5, 0.6) is 0 Å². The summed E-state index contributed by atoms with van der Waals surface area (Å²) in [5.74, 6) is 0. The average molecular weight is 194 g/mol. The summed E-state index contributed by atoms with van der Waals surface area (Å²) < 4.78 is 4.98. The zero-order chi connectivity index (χ0) is 9.10. The lowest BCUT2D eigenvalue weighted by atomic mass is 10.1. The van der Waals surface area contributed by atoms with E-state index in [1.165, 1.54) is 17.1 Å². The van der Waals surface area contributed by atoms with E-state index in [1.54, 1.807) is 0 Å². The smallest absolute Gasteiger partial charge is 0.106 e. The molecule has 0 atom stereocenters. The molecule has 4 heteroatoms. The second-order valence-electron chi connectivity index (χ2n) is 2.90. The summed E-state index contributed by atoms with van der Waals surface area (Å²) in [7, 11) is 0. The van der Waals surface area contributed by atoms with E-state index in [9.17, 15) is 0 Å². The molecule has 0 aliphatic carbocycles. The first-order chi connectivity index (χ1) is 6.40. The minimum atomic E-state index is 0.243. The fraction of sp³-hybridized carbons (Fsp3) is 0.333. The van der Waals surface area contributed by atoms with Crippen molar-refractivity contribution in [2.75, 3.05) is 6.61 Å². The largest absolute Gasteiger partial charge is 0.396 e. The lowest BCUT2D eigenvalue weighted by molar-refractivity contribution is 0.288. The van der Waals surface area contributed by atoms with Gasteiger partial charge in [0.15, 0.2) is 0 Å². The van der Waals surface area contributed by atoms with E-state index < -0.39 is 0 Å². The van der Waals surface area contributed by atoms with Gasteiger partial charge in [0.25, 0.3) is 0 Å². The van der Waals surface area contributed by atoms with Crippen molar-refractivity contribution in [3.63, 3.8) is 0 Å². The Labute approximate surface area is 80.2 Å². The topological polar surface area (TPSA) is 46.0 Å². The molecule has 1 N–H and O–H groups in total. The van der Waals surface area contributed by atoms with E-state index in [4.69, 9.17) is 5.11 Å². The maximum atomic E-state index is 8.67. The molecule has 0 saturated carbocycles. The van der Waals surface area contributed by atoms with E-state index >= 15 is 0 Å².